The van der Waals surface area contributed by atoms with Crippen molar-refractivity contribution in [1.29, 1.82) is 0 Å². The van der Waals surface area contributed by atoms with Crippen molar-refractivity contribution in [2.24, 2.45) is 0 Å². The number of hydrogen-bond acceptors (Lipinski definition) is 3. The molecular weight excluding hydrogens is 270 g/mol. The van der Waals surface area contributed by atoms with E-state index in [1.165, 1.54) is 5.56 Å². The number of thioether (sulfide) groups is 1. The molecule has 4 heteroatoms. The summed E-state index contributed by atoms with van der Waals surface area (Å²) >= 11 is 1.80. The van der Waals surface area contributed by atoms with Gasteiger partial charge in [-0.2, -0.15) is 11.8 Å². The van der Waals surface area contributed by atoms with Crippen LogP contribution in [0.3, 0.4) is 0 Å². The minimum absolute atomic E-state index is 0.134. The number of carbonyl (C=O) groups excluding carboxylic acids is 1. The van der Waals surface area contributed by atoms with Crippen molar-refractivity contribution in [3.8, 4) is 0 Å². The number of nitrogens with one attached hydrogen (secondary N) is 1. The van der Waals surface area contributed by atoms with E-state index >= 15 is 0 Å². The minimum Gasteiger partial charge on any atom is -0.379 e. The summed E-state index contributed by atoms with van der Waals surface area (Å²) in [6.45, 7) is 5.45. The molecule has 0 saturated heterocycles. The molecule has 20 heavy (non-hydrogen) atoms. The van der Waals surface area contributed by atoms with E-state index in [9.17, 15) is 4.79 Å². The summed E-state index contributed by atoms with van der Waals surface area (Å²) < 4.78 is 5.42. The lowest BCUT2D eigenvalue weighted by Gasteiger charge is -2.08. The first kappa shape index (κ1) is 17.1. The van der Waals surface area contributed by atoms with Gasteiger partial charge in [0.05, 0.1) is 6.10 Å². The lowest BCUT2D eigenvalue weighted by atomic mass is 10.2. The Labute approximate surface area is 126 Å². The Kier molecular flexibility index (Phi) is 9.16. The van der Waals surface area contributed by atoms with Gasteiger partial charge < -0.3 is 10.1 Å². The standard InChI is InChI=1S/C16H25NO2S/c1-14(2)19-11-6-10-17-16(18)9-12-20-13-15-7-4-3-5-8-15/h3-5,7-8,14H,6,9-13H2,1-2H3,(H,17,18). The van der Waals surface area contributed by atoms with Crippen molar-refractivity contribution < 1.29 is 9.53 Å². The topological polar surface area (TPSA) is 38.3 Å². The Morgan fingerprint density at radius 3 is 2.75 bits per heavy atom. The summed E-state index contributed by atoms with van der Waals surface area (Å²) in [7, 11) is 0. The minimum atomic E-state index is 0.134. The number of amides is 1. The first-order chi connectivity index (χ1) is 9.68. The molecule has 1 aromatic carbocycles. The molecule has 0 heterocycles. The fourth-order valence-electron chi connectivity index (χ4n) is 1.64. The molecule has 0 atom stereocenters. The highest BCUT2D eigenvalue weighted by Gasteiger charge is 2.01. The van der Waals surface area contributed by atoms with Crippen molar-refractivity contribution in [1.82, 2.24) is 5.32 Å². The van der Waals surface area contributed by atoms with Crippen LogP contribution in [0.4, 0.5) is 0 Å². The van der Waals surface area contributed by atoms with Crippen molar-refractivity contribution in [2.45, 2.75) is 38.5 Å². The van der Waals surface area contributed by atoms with Gasteiger partial charge in [-0.15, -0.1) is 0 Å². The molecule has 1 N–H and O–H groups in total. The molecule has 0 unspecified atom stereocenters. The summed E-state index contributed by atoms with van der Waals surface area (Å²) in [6.07, 6.45) is 1.73. The second kappa shape index (κ2) is 10.7. The smallest absolute Gasteiger partial charge is 0.220 e. The molecule has 0 saturated carbocycles. The van der Waals surface area contributed by atoms with Crippen LogP contribution in [0, 0.1) is 0 Å². The largest absolute Gasteiger partial charge is 0.379 e. The summed E-state index contributed by atoms with van der Waals surface area (Å²) in [5, 5.41) is 2.92. The zero-order valence-electron chi connectivity index (χ0n) is 12.4. The fourth-order valence-corrected chi connectivity index (χ4v) is 2.54. The quantitative estimate of drug-likeness (QED) is 0.673. The van der Waals surface area contributed by atoms with Gasteiger partial charge in [-0.1, -0.05) is 30.3 Å². The molecule has 0 aliphatic carbocycles. The molecule has 0 bridgehead atoms. The number of ether oxygens (including phenoxy) is 1. The third-order valence-electron chi connectivity index (χ3n) is 2.68. The van der Waals surface area contributed by atoms with Crippen LogP contribution in [0.5, 0.6) is 0 Å². The predicted octanol–water partition coefficient (Wildman–Crippen LogP) is 3.24. The van der Waals surface area contributed by atoms with E-state index < -0.39 is 0 Å². The second-order valence-electron chi connectivity index (χ2n) is 4.91. The lowest BCUT2D eigenvalue weighted by Crippen LogP contribution is -2.25. The molecule has 0 aliphatic rings. The highest BCUT2D eigenvalue weighted by atomic mass is 32.2. The zero-order valence-corrected chi connectivity index (χ0v) is 13.2. The maximum atomic E-state index is 11.6. The van der Waals surface area contributed by atoms with Gasteiger partial charge in [-0.3, -0.25) is 4.79 Å². The van der Waals surface area contributed by atoms with Gasteiger partial charge in [-0.25, -0.2) is 0 Å². The fraction of sp³-hybridized carbons (Fsp3) is 0.562. The molecule has 0 aliphatic heterocycles. The van der Waals surface area contributed by atoms with E-state index in [0.717, 1.165) is 17.9 Å². The van der Waals surface area contributed by atoms with Gasteiger partial charge in [0.1, 0.15) is 0 Å². The summed E-state index contributed by atoms with van der Waals surface area (Å²) in [5.41, 5.74) is 1.31. The monoisotopic (exact) mass is 295 g/mol. The van der Waals surface area contributed by atoms with Crippen LogP contribution in [-0.4, -0.2) is 30.9 Å². The average Bonchev–Trinajstić information content (AvgIpc) is 2.44. The normalized spacial score (nSPS) is 10.8. The Balaban J connectivity index is 1.95. The van der Waals surface area contributed by atoms with Crippen LogP contribution >= 0.6 is 11.8 Å². The Morgan fingerprint density at radius 1 is 1.30 bits per heavy atom. The van der Waals surface area contributed by atoms with Gasteiger partial charge in [0.2, 0.25) is 5.91 Å². The lowest BCUT2D eigenvalue weighted by molar-refractivity contribution is -0.120. The number of benzene rings is 1. The van der Waals surface area contributed by atoms with Gasteiger partial charge in [0, 0.05) is 31.1 Å². The maximum Gasteiger partial charge on any atom is 0.220 e. The molecule has 0 radical (unpaired) electrons. The first-order valence-electron chi connectivity index (χ1n) is 7.18. The molecule has 0 spiro atoms. The molecule has 0 fully saturated rings. The van der Waals surface area contributed by atoms with E-state index in [1.54, 1.807) is 11.8 Å². The Bertz CT molecular complexity index is 368. The summed E-state index contributed by atoms with van der Waals surface area (Å²) in [4.78, 5) is 11.6. The van der Waals surface area contributed by atoms with Gasteiger partial charge in [0.15, 0.2) is 0 Å². The SMILES string of the molecule is CC(C)OCCCNC(=O)CCSCc1ccccc1. The van der Waals surface area contributed by atoms with Crippen LogP contribution in [0.2, 0.25) is 0 Å². The first-order valence-corrected chi connectivity index (χ1v) is 8.34. The number of rotatable bonds is 10. The van der Waals surface area contributed by atoms with Crippen LogP contribution in [-0.2, 0) is 15.3 Å². The Morgan fingerprint density at radius 2 is 2.05 bits per heavy atom. The third kappa shape index (κ3) is 8.99. The molecular formula is C16H25NO2S. The van der Waals surface area contributed by atoms with E-state index in [4.69, 9.17) is 4.74 Å². The molecule has 0 aromatic heterocycles. The van der Waals surface area contributed by atoms with Crippen molar-refractivity contribution in [3.63, 3.8) is 0 Å². The van der Waals surface area contributed by atoms with Crippen LogP contribution < -0.4 is 5.32 Å². The molecule has 1 aromatic rings. The van der Waals surface area contributed by atoms with Gasteiger partial charge in [0.25, 0.3) is 0 Å². The molecule has 1 rings (SSSR count). The average molecular weight is 295 g/mol. The third-order valence-corrected chi connectivity index (χ3v) is 3.71. The Hall–Kier alpha value is -1.00. The van der Waals surface area contributed by atoms with E-state index in [0.29, 0.717) is 19.6 Å². The molecule has 3 nitrogen and oxygen atoms in total. The summed E-state index contributed by atoms with van der Waals surface area (Å²) in [5.74, 6) is 1.97. The van der Waals surface area contributed by atoms with Gasteiger partial charge in [-0.05, 0) is 25.8 Å². The molecule has 1 amide bonds. The highest BCUT2D eigenvalue weighted by Crippen LogP contribution is 2.12. The maximum absolute atomic E-state index is 11.6. The zero-order chi connectivity index (χ0) is 14.6. The molecule has 112 valence electrons. The van der Waals surface area contributed by atoms with Crippen molar-refractivity contribution in [2.75, 3.05) is 18.9 Å². The predicted molar refractivity (Wildman–Crippen MR) is 85.9 cm³/mol. The summed E-state index contributed by atoms with van der Waals surface area (Å²) in [6, 6.07) is 10.3. The van der Waals surface area contributed by atoms with Crippen molar-refractivity contribution in [3.05, 3.63) is 35.9 Å². The number of carbonyl (C=O) groups is 1. The number of hydrogen-bond donors (Lipinski definition) is 1. The van der Waals surface area contributed by atoms with Crippen molar-refractivity contribution >= 4 is 17.7 Å². The van der Waals surface area contributed by atoms with E-state index in [1.807, 2.05) is 32.0 Å². The van der Waals surface area contributed by atoms with E-state index in [-0.39, 0.29) is 12.0 Å². The highest BCUT2D eigenvalue weighted by molar-refractivity contribution is 7.98. The van der Waals surface area contributed by atoms with E-state index in [2.05, 4.69) is 17.4 Å². The van der Waals surface area contributed by atoms with Crippen LogP contribution in [0.25, 0.3) is 0 Å². The van der Waals surface area contributed by atoms with Crippen LogP contribution in [0.15, 0.2) is 30.3 Å². The second-order valence-corrected chi connectivity index (χ2v) is 6.02. The van der Waals surface area contributed by atoms with Crippen LogP contribution in [0.1, 0.15) is 32.3 Å². The van der Waals surface area contributed by atoms with Gasteiger partial charge >= 0.3 is 0 Å².